The number of esters is 1. The van der Waals surface area contributed by atoms with Crippen LogP contribution in [-0.2, 0) is 16.1 Å². The Morgan fingerprint density at radius 3 is 2.61 bits per heavy atom. The number of rotatable bonds is 13. The molecule has 5 rings (SSSR count). The van der Waals surface area contributed by atoms with Crippen molar-refractivity contribution in [1.29, 1.82) is 0 Å². The van der Waals surface area contributed by atoms with Crippen molar-refractivity contribution in [3.63, 3.8) is 0 Å². The van der Waals surface area contributed by atoms with Crippen LogP contribution >= 0.6 is 0 Å². The summed E-state index contributed by atoms with van der Waals surface area (Å²) in [6, 6.07) is 6.85. The third kappa shape index (κ3) is 6.87. The second-order valence-corrected chi connectivity index (χ2v) is 15.0. The number of ether oxygens (including phenoxy) is 1. The molecule has 0 spiro atoms. The van der Waals surface area contributed by atoms with Crippen LogP contribution in [0.4, 0.5) is 0 Å². The van der Waals surface area contributed by atoms with Gasteiger partial charge in [0.1, 0.15) is 0 Å². The Balaban J connectivity index is 1.06. The minimum Gasteiger partial charge on any atom is -0.469 e. The van der Waals surface area contributed by atoms with Gasteiger partial charge >= 0.3 is 5.97 Å². The Morgan fingerprint density at radius 2 is 1.80 bits per heavy atom. The van der Waals surface area contributed by atoms with E-state index < -0.39 is 0 Å². The second kappa shape index (κ2) is 13.9. The summed E-state index contributed by atoms with van der Waals surface area (Å²) in [6.45, 7) is 11.0. The van der Waals surface area contributed by atoms with Crippen LogP contribution in [0.3, 0.4) is 0 Å². The van der Waals surface area contributed by atoms with Crippen LogP contribution in [0, 0.1) is 46.3 Å². The minimum atomic E-state index is -0.0482. The maximum absolute atomic E-state index is 11.6. The van der Waals surface area contributed by atoms with Gasteiger partial charge in [-0.25, -0.2) is 0 Å². The highest BCUT2D eigenvalue weighted by Gasteiger charge is 2.60. The summed E-state index contributed by atoms with van der Waals surface area (Å²) in [4.78, 5) is 16.0. The third-order valence-electron chi connectivity index (χ3n) is 12.9. The maximum Gasteiger partial charge on any atom is 0.305 e. The van der Waals surface area contributed by atoms with E-state index in [-0.39, 0.29) is 5.97 Å². The van der Waals surface area contributed by atoms with Gasteiger partial charge in [0.2, 0.25) is 0 Å². The predicted octanol–water partition coefficient (Wildman–Crippen LogP) is 7.55. The molecule has 230 valence electrons. The van der Waals surface area contributed by atoms with E-state index in [2.05, 4.69) is 48.5 Å². The second-order valence-electron chi connectivity index (χ2n) is 15.0. The average molecular weight is 566 g/mol. The van der Waals surface area contributed by atoms with Crippen LogP contribution in [0.5, 0.6) is 0 Å². The highest BCUT2D eigenvalue weighted by atomic mass is 16.5. The first kappa shape index (κ1) is 31.0. The van der Waals surface area contributed by atoms with Gasteiger partial charge in [-0.15, -0.1) is 0 Å². The Bertz CT molecular complexity index is 971. The van der Waals surface area contributed by atoms with Crippen molar-refractivity contribution in [2.75, 3.05) is 20.2 Å². The fourth-order valence-electron chi connectivity index (χ4n) is 10.7. The molecule has 0 radical (unpaired) electrons. The highest BCUT2D eigenvalue weighted by molar-refractivity contribution is 5.68. The lowest BCUT2D eigenvalue weighted by atomic mass is 9.44. The van der Waals surface area contributed by atoms with E-state index in [4.69, 9.17) is 4.74 Å². The monoisotopic (exact) mass is 565 g/mol. The van der Waals surface area contributed by atoms with Crippen molar-refractivity contribution in [1.82, 2.24) is 15.6 Å². The van der Waals surface area contributed by atoms with Crippen LogP contribution in [0.25, 0.3) is 0 Å². The van der Waals surface area contributed by atoms with Gasteiger partial charge in [0.15, 0.2) is 0 Å². The van der Waals surface area contributed by atoms with Crippen LogP contribution in [0.15, 0.2) is 24.4 Å². The molecule has 0 aliphatic heterocycles. The largest absolute Gasteiger partial charge is 0.469 e. The van der Waals surface area contributed by atoms with Gasteiger partial charge in [-0.1, -0.05) is 26.8 Å². The molecule has 1 aromatic rings. The standard InChI is InChI=1S/C36H59N3O2/c1-26(10-9-12-34(40)41-4)31-15-16-32-30-14-13-27-24-28(17-19-35(27,2)33(30)18-20-36(31,32)3)38-23-8-7-21-37-25-29-11-5-6-22-39-29/h5-6,11,22,26-28,30-33,37-38H,7-10,12-21,23-25H2,1-4H3/t26-,27?,28+,30?,31?,32?,33?,35+,36-/m1/s1. The molecule has 1 aromatic heterocycles. The predicted molar refractivity (Wildman–Crippen MR) is 167 cm³/mol. The lowest BCUT2D eigenvalue weighted by Gasteiger charge is -2.61. The molecule has 5 heteroatoms. The van der Waals surface area contributed by atoms with E-state index in [9.17, 15) is 4.79 Å². The zero-order valence-electron chi connectivity index (χ0n) is 26.6. The first-order chi connectivity index (χ1) is 19.8. The molecule has 4 aliphatic carbocycles. The molecule has 4 fully saturated rings. The number of carbonyl (C=O) groups is 1. The van der Waals surface area contributed by atoms with Crippen molar-refractivity contribution >= 4 is 5.97 Å². The quantitative estimate of drug-likeness (QED) is 0.191. The molecule has 5 unspecified atom stereocenters. The molecule has 1 heterocycles. The average Bonchev–Trinajstić information content (AvgIpc) is 3.34. The molecule has 9 atom stereocenters. The van der Waals surface area contributed by atoms with Crippen LogP contribution in [0.2, 0.25) is 0 Å². The molecular formula is C36H59N3O2. The molecule has 2 N–H and O–H groups in total. The number of unbranched alkanes of at least 4 members (excludes halogenated alkanes) is 1. The van der Waals surface area contributed by atoms with Gasteiger partial charge in [-0.2, -0.15) is 0 Å². The first-order valence-corrected chi connectivity index (χ1v) is 17.3. The molecule has 0 saturated heterocycles. The van der Waals surface area contributed by atoms with E-state index >= 15 is 0 Å². The first-order valence-electron chi connectivity index (χ1n) is 17.3. The highest BCUT2D eigenvalue weighted by Crippen LogP contribution is 2.68. The summed E-state index contributed by atoms with van der Waals surface area (Å²) in [5.41, 5.74) is 2.20. The Kier molecular flexibility index (Phi) is 10.5. The molecular weight excluding hydrogens is 506 g/mol. The normalized spacial score (nSPS) is 37.1. The van der Waals surface area contributed by atoms with Gasteiger partial charge in [-0.05, 0) is 155 Å². The molecule has 0 aromatic carbocycles. The van der Waals surface area contributed by atoms with E-state index in [1.807, 2.05) is 12.3 Å². The number of carbonyl (C=O) groups excluding carboxylic acids is 1. The summed E-state index contributed by atoms with van der Waals surface area (Å²) in [5.74, 6) is 5.23. The third-order valence-corrected chi connectivity index (χ3v) is 12.9. The zero-order chi connectivity index (χ0) is 28.9. The minimum absolute atomic E-state index is 0.0482. The number of methoxy groups -OCH3 is 1. The molecule has 4 saturated carbocycles. The molecule has 5 nitrogen and oxygen atoms in total. The Labute approximate surface area is 250 Å². The lowest BCUT2D eigenvalue weighted by Crippen LogP contribution is -2.55. The van der Waals surface area contributed by atoms with Crippen LogP contribution < -0.4 is 10.6 Å². The van der Waals surface area contributed by atoms with Crippen molar-refractivity contribution < 1.29 is 9.53 Å². The SMILES string of the molecule is COC(=O)CCC[C@@H](C)C1CCC2C3CCC4C[C@@H](NCCCCNCc5ccccn5)CC[C@]4(C)C3CC[C@@]21C. The summed E-state index contributed by atoms with van der Waals surface area (Å²) in [6.07, 6.45) is 20.0. The molecule has 41 heavy (non-hydrogen) atoms. The number of pyridine rings is 1. The Morgan fingerprint density at radius 1 is 1.00 bits per heavy atom. The molecule has 4 aliphatic rings. The smallest absolute Gasteiger partial charge is 0.305 e. The Hall–Kier alpha value is -1.46. The van der Waals surface area contributed by atoms with Crippen molar-refractivity contribution in [2.45, 2.75) is 123 Å². The van der Waals surface area contributed by atoms with Crippen molar-refractivity contribution in [2.24, 2.45) is 46.3 Å². The van der Waals surface area contributed by atoms with Crippen LogP contribution in [0.1, 0.15) is 116 Å². The fraction of sp³-hybridized carbons (Fsp3) is 0.833. The maximum atomic E-state index is 11.6. The summed E-state index contributed by atoms with van der Waals surface area (Å²) >= 11 is 0. The number of nitrogens with zero attached hydrogens (tertiary/aromatic N) is 1. The van der Waals surface area contributed by atoms with E-state index in [0.29, 0.717) is 17.3 Å². The lowest BCUT2D eigenvalue weighted by molar-refractivity contribution is -0.140. The summed E-state index contributed by atoms with van der Waals surface area (Å²) in [7, 11) is 1.51. The van der Waals surface area contributed by atoms with E-state index in [0.717, 1.165) is 73.3 Å². The number of fused-ring (bicyclic) bond motifs is 5. The van der Waals surface area contributed by atoms with Gasteiger partial charge in [0.25, 0.3) is 0 Å². The number of aromatic nitrogens is 1. The van der Waals surface area contributed by atoms with Gasteiger partial charge < -0.3 is 15.4 Å². The number of hydrogen-bond donors (Lipinski definition) is 2. The molecule has 0 bridgehead atoms. The summed E-state index contributed by atoms with van der Waals surface area (Å²) < 4.78 is 4.88. The number of nitrogens with one attached hydrogen (secondary N) is 2. The molecule has 0 amide bonds. The van der Waals surface area contributed by atoms with Gasteiger partial charge in [-0.3, -0.25) is 9.78 Å². The van der Waals surface area contributed by atoms with Crippen LogP contribution in [-0.4, -0.2) is 37.2 Å². The zero-order valence-corrected chi connectivity index (χ0v) is 26.6. The topological polar surface area (TPSA) is 63.2 Å². The fourth-order valence-corrected chi connectivity index (χ4v) is 10.7. The van der Waals surface area contributed by atoms with Crippen molar-refractivity contribution in [3.8, 4) is 0 Å². The van der Waals surface area contributed by atoms with E-state index in [1.165, 1.54) is 84.2 Å². The van der Waals surface area contributed by atoms with Gasteiger partial charge in [0.05, 0.1) is 12.8 Å². The van der Waals surface area contributed by atoms with Crippen molar-refractivity contribution in [3.05, 3.63) is 30.1 Å². The van der Waals surface area contributed by atoms with E-state index in [1.54, 1.807) is 0 Å². The summed E-state index contributed by atoms with van der Waals surface area (Å²) in [5, 5.41) is 7.52. The number of hydrogen-bond acceptors (Lipinski definition) is 5. The van der Waals surface area contributed by atoms with Gasteiger partial charge in [0, 0.05) is 25.2 Å².